The Hall–Kier alpha value is -0.120. The lowest BCUT2D eigenvalue weighted by atomic mass is 9.69. The zero-order valence-electron chi connectivity index (χ0n) is 15.2. The van der Waals surface area contributed by atoms with Crippen LogP contribution in [0, 0.1) is 11.3 Å². The molecular weight excluding hydrogens is 260 g/mol. The Bertz CT molecular complexity index is 276. The molecule has 1 aliphatic carbocycles. The summed E-state index contributed by atoms with van der Waals surface area (Å²) in [5.41, 5.74) is 0.499. The summed E-state index contributed by atoms with van der Waals surface area (Å²) in [6.07, 6.45) is 6.47. The van der Waals surface area contributed by atoms with Crippen LogP contribution in [-0.2, 0) is 4.74 Å². The van der Waals surface area contributed by atoms with Crippen LogP contribution < -0.4 is 5.32 Å². The highest BCUT2D eigenvalue weighted by Crippen LogP contribution is 2.39. The first-order valence-corrected chi connectivity index (χ1v) is 8.87. The molecule has 0 radical (unpaired) electrons. The van der Waals surface area contributed by atoms with Gasteiger partial charge in [-0.2, -0.15) is 0 Å². The quantitative estimate of drug-likeness (QED) is 0.704. The molecule has 0 aliphatic heterocycles. The van der Waals surface area contributed by atoms with Crippen molar-refractivity contribution in [2.24, 2.45) is 11.3 Å². The molecule has 0 aromatic rings. The standard InChI is InChI=1S/C18H38N2O/c1-7-16(8-2)20(11-12-21-6)14-15-13-18(3,4)10-9-17(15)19-5/h15-17,19H,7-14H2,1-6H3. The van der Waals surface area contributed by atoms with Crippen molar-refractivity contribution in [1.82, 2.24) is 10.2 Å². The van der Waals surface area contributed by atoms with Gasteiger partial charge in [-0.05, 0) is 50.5 Å². The van der Waals surface area contributed by atoms with Gasteiger partial charge in [0.15, 0.2) is 0 Å². The molecular formula is C18H38N2O. The van der Waals surface area contributed by atoms with E-state index < -0.39 is 0 Å². The fraction of sp³-hybridized carbons (Fsp3) is 1.00. The number of nitrogens with one attached hydrogen (secondary N) is 1. The van der Waals surface area contributed by atoms with E-state index in [1.807, 2.05) is 7.11 Å². The lowest BCUT2D eigenvalue weighted by molar-refractivity contribution is 0.0615. The summed E-state index contributed by atoms with van der Waals surface area (Å²) >= 11 is 0. The molecule has 3 heteroatoms. The normalized spacial score (nSPS) is 25.7. The molecule has 0 heterocycles. The highest BCUT2D eigenvalue weighted by Gasteiger charge is 2.35. The van der Waals surface area contributed by atoms with E-state index in [9.17, 15) is 0 Å². The van der Waals surface area contributed by atoms with Crippen LogP contribution in [0.1, 0.15) is 59.8 Å². The minimum atomic E-state index is 0.499. The molecule has 2 atom stereocenters. The second-order valence-corrected chi connectivity index (χ2v) is 7.52. The van der Waals surface area contributed by atoms with Gasteiger partial charge in [0.1, 0.15) is 0 Å². The maximum absolute atomic E-state index is 5.34. The Morgan fingerprint density at radius 1 is 1.29 bits per heavy atom. The van der Waals surface area contributed by atoms with Crippen LogP contribution in [0.25, 0.3) is 0 Å². The SMILES string of the molecule is CCC(CC)N(CCOC)CC1CC(C)(C)CCC1NC. The summed E-state index contributed by atoms with van der Waals surface area (Å²) in [4.78, 5) is 2.68. The maximum Gasteiger partial charge on any atom is 0.0589 e. The fourth-order valence-electron chi connectivity index (χ4n) is 4.05. The molecule has 1 N–H and O–H groups in total. The number of hydrogen-bond acceptors (Lipinski definition) is 3. The van der Waals surface area contributed by atoms with E-state index in [1.54, 1.807) is 0 Å². The fourth-order valence-corrected chi connectivity index (χ4v) is 4.05. The van der Waals surface area contributed by atoms with Gasteiger partial charge < -0.3 is 10.1 Å². The first kappa shape index (κ1) is 18.9. The summed E-state index contributed by atoms with van der Waals surface area (Å²) in [6.45, 7) is 12.6. The number of hydrogen-bond donors (Lipinski definition) is 1. The number of rotatable bonds is 9. The van der Waals surface area contributed by atoms with Gasteiger partial charge in [-0.25, -0.2) is 0 Å². The largest absolute Gasteiger partial charge is 0.383 e. The van der Waals surface area contributed by atoms with Crippen molar-refractivity contribution in [1.29, 1.82) is 0 Å². The van der Waals surface area contributed by atoms with Crippen LogP contribution in [0.5, 0.6) is 0 Å². The van der Waals surface area contributed by atoms with Gasteiger partial charge in [0.2, 0.25) is 0 Å². The second kappa shape index (κ2) is 9.12. The number of ether oxygens (including phenoxy) is 1. The molecule has 1 aliphatic rings. The minimum absolute atomic E-state index is 0.499. The summed E-state index contributed by atoms with van der Waals surface area (Å²) in [7, 11) is 3.94. The molecule has 2 unspecified atom stereocenters. The minimum Gasteiger partial charge on any atom is -0.383 e. The molecule has 21 heavy (non-hydrogen) atoms. The molecule has 3 nitrogen and oxygen atoms in total. The van der Waals surface area contributed by atoms with E-state index in [0.717, 1.165) is 19.1 Å². The maximum atomic E-state index is 5.34. The van der Waals surface area contributed by atoms with E-state index in [0.29, 0.717) is 17.5 Å². The monoisotopic (exact) mass is 298 g/mol. The van der Waals surface area contributed by atoms with Crippen molar-refractivity contribution in [3.8, 4) is 0 Å². The Kier molecular flexibility index (Phi) is 8.22. The zero-order chi connectivity index (χ0) is 15.9. The third-order valence-corrected chi connectivity index (χ3v) is 5.40. The van der Waals surface area contributed by atoms with Crippen LogP contribution in [-0.4, -0.2) is 50.8 Å². The van der Waals surface area contributed by atoms with E-state index >= 15 is 0 Å². The van der Waals surface area contributed by atoms with Crippen LogP contribution >= 0.6 is 0 Å². The van der Waals surface area contributed by atoms with E-state index in [1.165, 1.54) is 38.6 Å². The number of methoxy groups -OCH3 is 1. The summed E-state index contributed by atoms with van der Waals surface area (Å²) in [5.74, 6) is 0.760. The Morgan fingerprint density at radius 3 is 2.48 bits per heavy atom. The van der Waals surface area contributed by atoms with Gasteiger partial charge in [0.25, 0.3) is 0 Å². The highest BCUT2D eigenvalue weighted by atomic mass is 16.5. The highest BCUT2D eigenvalue weighted by molar-refractivity contribution is 4.90. The third-order valence-electron chi connectivity index (χ3n) is 5.40. The Balaban J connectivity index is 2.72. The van der Waals surface area contributed by atoms with Crippen molar-refractivity contribution in [2.45, 2.75) is 71.9 Å². The molecule has 0 aromatic heterocycles. The third kappa shape index (κ3) is 5.88. The van der Waals surface area contributed by atoms with Crippen molar-refractivity contribution in [2.75, 3.05) is 33.9 Å². The van der Waals surface area contributed by atoms with Gasteiger partial charge in [-0.3, -0.25) is 4.90 Å². The van der Waals surface area contributed by atoms with Gasteiger partial charge >= 0.3 is 0 Å². The van der Waals surface area contributed by atoms with Crippen LogP contribution in [0.4, 0.5) is 0 Å². The van der Waals surface area contributed by atoms with Gasteiger partial charge in [0.05, 0.1) is 6.61 Å². The number of nitrogens with zero attached hydrogens (tertiary/aromatic N) is 1. The molecule has 0 bridgehead atoms. The molecule has 126 valence electrons. The average molecular weight is 299 g/mol. The van der Waals surface area contributed by atoms with Crippen LogP contribution in [0.2, 0.25) is 0 Å². The van der Waals surface area contributed by atoms with E-state index in [4.69, 9.17) is 4.74 Å². The van der Waals surface area contributed by atoms with Gasteiger partial charge in [-0.1, -0.05) is 27.7 Å². The predicted octanol–water partition coefficient (Wildman–Crippen LogP) is 3.54. The summed E-state index contributed by atoms with van der Waals surface area (Å²) in [6, 6.07) is 1.38. The topological polar surface area (TPSA) is 24.5 Å². The Labute approximate surface area is 132 Å². The second-order valence-electron chi connectivity index (χ2n) is 7.52. The molecule has 1 rings (SSSR count). The van der Waals surface area contributed by atoms with Crippen molar-refractivity contribution in [3.63, 3.8) is 0 Å². The van der Waals surface area contributed by atoms with Crippen molar-refractivity contribution in [3.05, 3.63) is 0 Å². The van der Waals surface area contributed by atoms with E-state index in [-0.39, 0.29) is 0 Å². The van der Waals surface area contributed by atoms with E-state index in [2.05, 4.69) is 45.0 Å². The van der Waals surface area contributed by atoms with Crippen LogP contribution in [0.15, 0.2) is 0 Å². The lowest BCUT2D eigenvalue weighted by Gasteiger charge is -2.44. The molecule has 1 saturated carbocycles. The Morgan fingerprint density at radius 2 is 1.95 bits per heavy atom. The van der Waals surface area contributed by atoms with Gasteiger partial charge in [-0.15, -0.1) is 0 Å². The average Bonchev–Trinajstić information content (AvgIpc) is 2.45. The first-order valence-electron chi connectivity index (χ1n) is 8.87. The first-order chi connectivity index (χ1) is 9.97. The van der Waals surface area contributed by atoms with Crippen molar-refractivity contribution >= 4 is 0 Å². The molecule has 1 fully saturated rings. The van der Waals surface area contributed by atoms with Crippen molar-refractivity contribution < 1.29 is 4.74 Å². The molecule has 0 aromatic carbocycles. The zero-order valence-corrected chi connectivity index (χ0v) is 15.2. The van der Waals surface area contributed by atoms with Gasteiger partial charge in [0, 0.05) is 32.3 Å². The molecule has 0 amide bonds. The predicted molar refractivity (Wildman–Crippen MR) is 91.8 cm³/mol. The summed E-state index contributed by atoms with van der Waals surface area (Å²) in [5, 5.41) is 3.57. The summed E-state index contributed by atoms with van der Waals surface area (Å²) < 4.78 is 5.34. The smallest absolute Gasteiger partial charge is 0.0589 e. The lowest BCUT2D eigenvalue weighted by Crippen LogP contribution is -2.49. The van der Waals surface area contributed by atoms with Crippen LogP contribution in [0.3, 0.4) is 0 Å². The molecule has 0 spiro atoms. The molecule has 0 saturated heterocycles.